The van der Waals surface area contributed by atoms with Crippen molar-refractivity contribution in [1.29, 1.82) is 0 Å². The van der Waals surface area contributed by atoms with Crippen LogP contribution in [0.5, 0.6) is 0 Å². The van der Waals surface area contributed by atoms with E-state index in [0.717, 1.165) is 39.5 Å². The Hall–Kier alpha value is -2.11. The molecule has 2 aromatic carbocycles. The molecule has 120 valence electrons. The maximum absolute atomic E-state index is 6.22. The number of aromatic amines is 1. The molecule has 5 nitrogen and oxygen atoms in total. The molecule has 7 heteroatoms. The second kappa shape index (κ2) is 5.19. The molecule has 0 radical (unpaired) electrons. The summed E-state index contributed by atoms with van der Waals surface area (Å²) in [5.74, 6) is 1.26. The van der Waals surface area contributed by atoms with Crippen molar-refractivity contribution in [3.05, 3.63) is 52.3 Å². The van der Waals surface area contributed by atoms with Crippen LogP contribution in [0.4, 0.5) is 0 Å². The highest BCUT2D eigenvalue weighted by atomic mass is 35.5. The van der Waals surface area contributed by atoms with E-state index in [9.17, 15) is 0 Å². The number of tetrazole rings is 1. The number of aromatic nitrogens is 5. The van der Waals surface area contributed by atoms with Gasteiger partial charge in [0, 0.05) is 43.8 Å². The molecule has 1 saturated carbocycles. The van der Waals surface area contributed by atoms with Crippen molar-refractivity contribution < 1.29 is 0 Å². The highest BCUT2D eigenvalue weighted by molar-refractivity contribution is 6.33. The number of rotatable bonds is 2. The normalized spacial score (nSPS) is 20.6. The van der Waals surface area contributed by atoms with Crippen LogP contribution < -0.4 is 0 Å². The first kappa shape index (κ1) is 14.3. The van der Waals surface area contributed by atoms with Gasteiger partial charge in [-0.25, -0.2) is 5.10 Å². The second-order valence-corrected chi connectivity index (χ2v) is 7.17. The molecule has 0 aliphatic heterocycles. The summed E-state index contributed by atoms with van der Waals surface area (Å²) >= 11 is 12.4. The highest BCUT2D eigenvalue weighted by Crippen LogP contribution is 2.47. The molecular formula is C17H13Cl2N5. The van der Waals surface area contributed by atoms with Crippen LogP contribution in [0.3, 0.4) is 0 Å². The van der Waals surface area contributed by atoms with Gasteiger partial charge in [0.05, 0.1) is 0 Å². The average Bonchev–Trinajstić information content (AvgIpc) is 3.14. The number of hydrogen-bond donors (Lipinski definition) is 1. The summed E-state index contributed by atoms with van der Waals surface area (Å²) in [5.41, 5.74) is 2.38. The standard InChI is InChI=1S/C17H13Cl2N5/c18-10-1-3-15-13(7-10)14-8-11(19)2-4-16(14)24(15)12-5-9(6-12)17-20-22-23-21-17/h1-4,7-9,12H,5-6H2,(H,20,21,22,23). The van der Waals surface area contributed by atoms with Crippen molar-refractivity contribution in [3.8, 4) is 0 Å². The third kappa shape index (κ3) is 2.05. The van der Waals surface area contributed by atoms with E-state index in [2.05, 4.69) is 37.3 Å². The number of halogens is 2. The first-order valence-electron chi connectivity index (χ1n) is 7.83. The zero-order valence-electron chi connectivity index (χ0n) is 12.6. The number of nitrogens with one attached hydrogen (secondary N) is 1. The minimum Gasteiger partial charge on any atom is -0.337 e. The number of fused-ring (bicyclic) bond motifs is 3. The summed E-state index contributed by atoms with van der Waals surface area (Å²) in [6.45, 7) is 0. The Bertz CT molecular complexity index is 989. The molecule has 24 heavy (non-hydrogen) atoms. The maximum Gasteiger partial charge on any atom is 0.151 e. The van der Waals surface area contributed by atoms with E-state index < -0.39 is 0 Å². The van der Waals surface area contributed by atoms with Gasteiger partial charge in [-0.1, -0.05) is 23.2 Å². The van der Waals surface area contributed by atoms with E-state index in [1.165, 1.54) is 11.0 Å². The highest BCUT2D eigenvalue weighted by Gasteiger charge is 2.35. The predicted molar refractivity (Wildman–Crippen MR) is 94.7 cm³/mol. The van der Waals surface area contributed by atoms with Gasteiger partial charge in [0.15, 0.2) is 5.82 Å². The molecule has 1 N–H and O–H groups in total. The van der Waals surface area contributed by atoms with Gasteiger partial charge in [-0.15, -0.1) is 5.10 Å². The monoisotopic (exact) mass is 357 g/mol. The van der Waals surface area contributed by atoms with Gasteiger partial charge in [0.2, 0.25) is 0 Å². The molecule has 2 aromatic heterocycles. The molecule has 0 bridgehead atoms. The molecular weight excluding hydrogens is 345 g/mol. The maximum atomic E-state index is 6.22. The summed E-state index contributed by atoms with van der Waals surface area (Å²) in [7, 11) is 0. The first-order chi connectivity index (χ1) is 11.7. The van der Waals surface area contributed by atoms with Crippen LogP contribution in [0.15, 0.2) is 36.4 Å². The third-order valence-corrected chi connectivity index (χ3v) is 5.42. The summed E-state index contributed by atoms with van der Waals surface area (Å²) in [6, 6.07) is 12.5. The Kier molecular flexibility index (Phi) is 3.08. The van der Waals surface area contributed by atoms with Gasteiger partial charge in [-0.3, -0.25) is 0 Å². The SMILES string of the molecule is Clc1ccc2c(c1)c1cc(Cl)ccc1n2C1CC(c2nnn[nH]2)C1. The molecule has 1 aliphatic rings. The van der Waals surface area contributed by atoms with Crippen LogP contribution in [-0.4, -0.2) is 25.2 Å². The fourth-order valence-corrected chi connectivity index (χ4v) is 4.10. The first-order valence-corrected chi connectivity index (χ1v) is 8.58. The lowest BCUT2D eigenvalue weighted by Crippen LogP contribution is -2.26. The van der Waals surface area contributed by atoms with Crippen LogP contribution >= 0.6 is 23.2 Å². The Morgan fingerprint density at radius 2 is 1.58 bits per heavy atom. The van der Waals surface area contributed by atoms with Crippen LogP contribution in [0.25, 0.3) is 21.8 Å². The van der Waals surface area contributed by atoms with Crippen molar-refractivity contribution in [2.24, 2.45) is 0 Å². The lowest BCUT2D eigenvalue weighted by atomic mass is 9.79. The van der Waals surface area contributed by atoms with Crippen molar-refractivity contribution in [3.63, 3.8) is 0 Å². The van der Waals surface area contributed by atoms with Crippen LogP contribution in [0.1, 0.15) is 30.6 Å². The number of hydrogen-bond acceptors (Lipinski definition) is 3. The lowest BCUT2D eigenvalue weighted by Gasteiger charge is -2.35. The molecule has 2 heterocycles. The fourth-order valence-electron chi connectivity index (χ4n) is 3.75. The van der Waals surface area contributed by atoms with Crippen molar-refractivity contribution in [2.45, 2.75) is 24.8 Å². The third-order valence-electron chi connectivity index (χ3n) is 4.95. The minimum absolute atomic E-state index is 0.386. The average molecular weight is 358 g/mol. The smallest absolute Gasteiger partial charge is 0.151 e. The number of benzene rings is 2. The minimum atomic E-state index is 0.386. The Morgan fingerprint density at radius 3 is 2.12 bits per heavy atom. The lowest BCUT2D eigenvalue weighted by molar-refractivity contribution is 0.267. The van der Waals surface area contributed by atoms with Crippen LogP contribution in [-0.2, 0) is 0 Å². The fraction of sp³-hybridized carbons (Fsp3) is 0.235. The number of H-pyrrole nitrogens is 1. The Morgan fingerprint density at radius 1 is 0.958 bits per heavy atom. The molecule has 0 unspecified atom stereocenters. The Balaban J connectivity index is 1.65. The van der Waals surface area contributed by atoms with Gasteiger partial charge in [0.25, 0.3) is 0 Å². The summed E-state index contributed by atoms with van der Waals surface area (Å²) < 4.78 is 2.40. The summed E-state index contributed by atoms with van der Waals surface area (Å²) in [4.78, 5) is 0. The molecule has 1 aliphatic carbocycles. The van der Waals surface area contributed by atoms with E-state index >= 15 is 0 Å². The molecule has 0 amide bonds. The summed E-state index contributed by atoms with van der Waals surface area (Å²) in [6.07, 6.45) is 2.03. The van der Waals surface area contributed by atoms with E-state index in [-0.39, 0.29) is 0 Å². The second-order valence-electron chi connectivity index (χ2n) is 6.30. The van der Waals surface area contributed by atoms with E-state index in [4.69, 9.17) is 23.2 Å². The summed E-state index contributed by atoms with van der Waals surface area (Å²) in [5, 5.41) is 18.0. The quantitative estimate of drug-likeness (QED) is 0.563. The van der Waals surface area contributed by atoms with E-state index in [0.29, 0.717) is 12.0 Å². The zero-order valence-corrected chi connectivity index (χ0v) is 14.1. The predicted octanol–water partition coefficient (Wildman–Crippen LogP) is 4.73. The van der Waals surface area contributed by atoms with Gasteiger partial charge in [-0.2, -0.15) is 0 Å². The van der Waals surface area contributed by atoms with Gasteiger partial charge in [0.1, 0.15) is 0 Å². The number of nitrogens with zero attached hydrogens (tertiary/aromatic N) is 4. The van der Waals surface area contributed by atoms with E-state index in [1.54, 1.807) is 0 Å². The molecule has 4 aromatic rings. The van der Waals surface area contributed by atoms with Crippen LogP contribution in [0, 0.1) is 0 Å². The van der Waals surface area contributed by atoms with Crippen molar-refractivity contribution >= 4 is 45.0 Å². The topological polar surface area (TPSA) is 59.4 Å². The van der Waals surface area contributed by atoms with Crippen molar-refractivity contribution in [2.75, 3.05) is 0 Å². The van der Waals surface area contributed by atoms with Crippen molar-refractivity contribution in [1.82, 2.24) is 25.2 Å². The molecule has 0 atom stereocenters. The largest absolute Gasteiger partial charge is 0.337 e. The van der Waals surface area contributed by atoms with Gasteiger partial charge in [-0.05, 0) is 59.7 Å². The van der Waals surface area contributed by atoms with Crippen LogP contribution in [0.2, 0.25) is 10.0 Å². The molecule has 1 fully saturated rings. The van der Waals surface area contributed by atoms with Gasteiger partial charge >= 0.3 is 0 Å². The Labute approximate surface area is 147 Å². The van der Waals surface area contributed by atoms with E-state index in [1.807, 2.05) is 24.3 Å². The molecule has 0 saturated heterocycles. The molecule has 5 rings (SSSR count). The van der Waals surface area contributed by atoms with Gasteiger partial charge < -0.3 is 4.57 Å². The zero-order chi connectivity index (χ0) is 16.3. The molecule has 0 spiro atoms.